The Kier molecular flexibility index (Phi) is 6.31. The molecule has 1 aliphatic rings. The number of benzene rings is 1. The Morgan fingerprint density at radius 2 is 2.05 bits per heavy atom. The van der Waals surface area contributed by atoms with Gasteiger partial charge in [0.25, 0.3) is 0 Å². The van der Waals surface area contributed by atoms with Crippen LogP contribution in [0.15, 0.2) is 30.3 Å². The van der Waals surface area contributed by atoms with Gasteiger partial charge in [-0.25, -0.2) is 0 Å². The first kappa shape index (κ1) is 16.3. The molecule has 110 valence electrons. The lowest BCUT2D eigenvalue weighted by molar-refractivity contribution is -0.133. The maximum absolute atomic E-state index is 11.8. The number of likely N-dealkylation sites (tertiary alicyclic amines) is 1. The van der Waals surface area contributed by atoms with Gasteiger partial charge in [-0.05, 0) is 18.6 Å². The summed E-state index contributed by atoms with van der Waals surface area (Å²) in [7, 11) is 1.77. The van der Waals surface area contributed by atoms with Crippen LogP contribution in [-0.4, -0.2) is 42.9 Å². The van der Waals surface area contributed by atoms with Crippen molar-refractivity contribution in [2.75, 3.05) is 25.5 Å². The average Bonchev–Trinajstić information content (AvgIpc) is 2.42. The van der Waals surface area contributed by atoms with E-state index in [0.29, 0.717) is 13.0 Å². The van der Waals surface area contributed by atoms with Crippen molar-refractivity contribution in [2.24, 2.45) is 0 Å². The van der Waals surface area contributed by atoms with Crippen LogP contribution in [0, 0.1) is 0 Å². The van der Waals surface area contributed by atoms with Gasteiger partial charge in [-0.15, -0.1) is 12.4 Å². The fourth-order valence-electron chi connectivity index (χ4n) is 2.15. The van der Waals surface area contributed by atoms with E-state index in [-0.39, 0.29) is 36.8 Å². The topological polar surface area (TPSA) is 61.4 Å². The summed E-state index contributed by atoms with van der Waals surface area (Å²) < 4.78 is 0. The second kappa shape index (κ2) is 7.75. The van der Waals surface area contributed by atoms with Crippen molar-refractivity contribution in [3.05, 3.63) is 30.3 Å². The highest BCUT2D eigenvalue weighted by atomic mass is 35.5. The van der Waals surface area contributed by atoms with Crippen molar-refractivity contribution < 1.29 is 9.59 Å². The van der Waals surface area contributed by atoms with Crippen LogP contribution in [-0.2, 0) is 9.59 Å². The van der Waals surface area contributed by atoms with Gasteiger partial charge in [-0.3, -0.25) is 9.59 Å². The lowest BCUT2D eigenvalue weighted by Crippen LogP contribution is -2.49. The number of anilines is 1. The number of carbonyl (C=O) groups is 2. The number of nitrogens with zero attached hydrogens (tertiary/aromatic N) is 1. The molecule has 2 rings (SSSR count). The lowest BCUT2D eigenvalue weighted by Gasteiger charge is -2.30. The molecule has 1 atom stereocenters. The molecule has 1 aromatic carbocycles. The van der Waals surface area contributed by atoms with Gasteiger partial charge in [-0.1, -0.05) is 18.2 Å². The molecule has 1 aliphatic heterocycles. The molecule has 1 aromatic rings. The van der Waals surface area contributed by atoms with E-state index < -0.39 is 0 Å². The summed E-state index contributed by atoms with van der Waals surface area (Å²) in [5.41, 5.74) is 0.925. The Labute approximate surface area is 125 Å². The van der Waals surface area contributed by atoms with E-state index in [4.69, 9.17) is 0 Å². The van der Waals surface area contributed by atoms with E-state index in [0.717, 1.165) is 12.1 Å². The molecule has 2 amide bonds. The third-order valence-corrected chi connectivity index (χ3v) is 3.22. The smallest absolute Gasteiger partial charge is 0.239 e. The summed E-state index contributed by atoms with van der Waals surface area (Å²) in [6, 6.07) is 9.66. The molecular formula is C14H20ClN3O2. The maximum atomic E-state index is 11.8. The van der Waals surface area contributed by atoms with Crippen LogP contribution in [0.3, 0.4) is 0 Å². The molecule has 0 aromatic heterocycles. The van der Waals surface area contributed by atoms with Gasteiger partial charge < -0.3 is 15.5 Å². The van der Waals surface area contributed by atoms with E-state index in [1.807, 2.05) is 30.3 Å². The van der Waals surface area contributed by atoms with Crippen molar-refractivity contribution in [3.63, 3.8) is 0 Å². The van der Waals surface area contributed by atoms with Crippen LogP contribution in [0.5, 0.6) is 0 Å². The monoisotopic (exact) mass is 297 g/mol. The minimum Gasteiger partial charge on any atom is -0.376 e. The van der Waals surface area contributed by atoms with Crippen molar-refractivity contribution in [1.29, 1.82) is 0 Å². The van der Waals surface area contributed by atoms with Crippen LogP contribution in [0.1, 0.15) is 12.8 Å². The number of halogens is 1. The summed E-state index contributed by atoms with van der Waals surface area (Å²) in [6.45, 7) is 0.841. The van der Waals surface area contributed by atoms with E-state index >= 15 is 0 Å². The fraction of sp³-hybridized carbons (Fsp3) is 0.429. The molecule has 2 N–H and O–H groups in total. The number of nitrogens with one attached hydrogen (secondary N) is 2. The minimum absolute atomic E-state index is 0. The molecule has 1 saturated heterocycles. The largest absolute Gasteiger partial charge is 0.376 e. The van der Waals surface area contributed by atoms with Crippen LogP contribution in [0.2, 0.25) is 0 Å². The molecule has 0 saturated carbocycles. The highest BCUT2D eigenvalue weighted by Gasteiger charge is 2.23. The summed E-state index contributed by atoms with van der Waals surface area (Å²) in [4.78, 5) is 24.8. The number of likely N-dealkylation sites (N-methyl/N-ethyl adjacent to an activating group) is 1. The Balaban J connectivity index is 0.00000200. The average molecular weight is 298 g/mol. The summed E-state index contributed by atoms with van der Waals surface area (Å²) in [6.07, 6.45) is 1.23. The molecule has 1 fully saturated rings. The van der Waals surface area contributed by atoms with E-state index in [2.05, 4.69) is 10.6 Å². The van der Waals surface area contributed by atoms with Crippen LogP contribution < -0.4 is 10.6 Å². The van der Waals surface area contributed by atoms with Crippen LogP contribution in [0.25, 0.3) is 0 Å². The summed E-state index contributed by atoms with van der Waals surface area (Å²) in [5.74, 6) is 0.101. The van der Waals surface area contributed by atoms with Crippen LogP contribution in [0.4, 0.5) is 5.69 Å². The second-order valence-corrected chi connectivity index (χ2v) is 4.80. The number of hydrogen-bond donors (Lipinski definition) is 2. The summed E-state index contributed by atoms with van der Waals surface area (Å²) >= 11 is 0. The molecule has 20 heavy (non-hydrogen) atoms. The Morgan fingerprint density at radius 3 is 2.70 bits per heavy atom. The molecule has 1 unspecified atom stereocenters. The molecule has 0 radical (unpaired) electrons. The molecule has 5 nitrogen and oxygen atoms in total. The van der Waals surface area contributed by atoms with E-state index in [1.165, 1.54) is 0 Å². The van der Waals surface area contributed by atoms with Gasteiger partial charge in [0.1, 0.15) is 0 Å². The van der Waals surface area contributed by atoms with Gasteiger partial charge in [0.2, 0.25) is 11.8 Å². The van der Waals surface area contributed by atoms with Gasteiger partial charge in [0.15, 0.2) is 0 Å². The van der Waals surface area contributed by atoms with E-state index in [9.17, 15) is 9.59 Å². The predicted octanol–water partition coefficient (Wildman–Crippen LogP) is 1.26. The lowest BCUT2D eigenvalue weighted by atomic mass is 10.1. The Morgan fingerprint density at radius 1 is 1.35 bits per heavy atom. The number of para-hydroxylation sites is 1. The standard InChI is InChI=1S/C14H19N3O2.ClH/c1-17-10-12(7-8-14(17)19)16-13(18)9-15-11-5-3-2-4-6-11;/h2-6,12,15H,7-10H2,1H3,(H,16,18);1H. The predicted molar refractivity (Wildman–Crippen MR) is 81.0 cm³/mol. The van der Waals surface area contributed by atoms with Gasteiger partial charge >= 0.3 is 0 Å². The number of piperidine rings is 1. The first-order chi connectivity index (χ1) is 9.15. The number of hydrogen-bond acceptors (Lipinski definition) is 3. The van der Waals surface area contributed by atoms with Crippen molar-refractivity contribution in [1.82, 2.24) is 10.2 Å². The molecule has 1 heterocycles. The molecule has 0 bridgehead atoms. The third-order valence-electron chi connectivity index (χ3n) is 3.22. The zero-order valence-electron chi connectivity index (χ0n) is 11.5. The minimum atomic E-state index is -0.0448. The highest BCUT2D eigenvalue weighted by molar-refractivity contribution is 5.85. The van der Waals surface area contributed by atoms with Gasteiger partial charge in [-0.2, -0.15) is 0 Å². The number of carbonyl (C=O) groups excluding carboxylic acids is 2. The van der Waals surface area contributed by atoms with Gasteiger partial charge in [0, 0.05) is 31.7 Å². The fourth-order valence-corrected chi connectivity index (χ4v) is 2.15. The van der Waals surface area contributed by atoms with Gasteiger partial charge in [0.05, 0.1) is 6.54 Å². The van der Waals surface area contributed by atoms with Crippen molar-refractivity contribution in [2.45, 2.75) is 18.9 Å². The Hall–Kier alpha value is -1.75. The number of rotatable bonds is 4. The van der Waals surface area contributed by atoms with Crippen LogP contribution >= 0.6 is 12.4 Å². The molecule has 0 spiro atoms. The van der Waals surface area contributed by atoms with Crippen molar-refractivity contribution >= 4 is 29.9 Å². The van der Waals surface area contributed by atoms with E-state index in [1.54, 1.807) is 11.9 Å². The zero-order chi connectivity index (χ0) is 13.7. The Bertz CT molecular complexity index is 453. The highest BCUT2D eigenvalue weighted by Crippen LogP contribution is 2.09. The quantitative estimate of drug-likeness (QED) is 0.879. The zero-order valence-corrected chi connectivity index (χ0v) is 12.3. The maximum Gasteiger partial charge on any atom is 0.239 e. The first-order valence-electron chi connectivity index (χ1n) is 6.47. The van der Waals surface area contributed by atoms with Crippen molar-refractivity contribution in [3.8, 4) is 0 Å². The number of amides is 2. The SMILES string of the molecule is CN1CC(NC(=O)CNc2ccccc2)CCC1=O.Cl. The first-order valence-corrected chi connectivity index (χ1v) is 6.47. The molecule has 6 heteroatoms. The second-order valence-electron chi connectivity index (χ2n) is 4.80. The molecular weight excluding hydrogens is 278 g/mol. The third kappa shape index (κ3) is 4.74. The molecule has 0 aliphatic carbocycles. The normalized spacial score (nSPS) is 18.1. The summed E-state index contributed by atoms with van der Waals surface area (Å²) in [5, 5.41) is 6.01.